The van der Waals surface area contributed by atoms with Crippen molar-refractivity contribution in [1.29, 1.82) is 0 Å². The van der Waals surface area contributed by atoms with Gasteiger partial charge in [-0.25, -0.2) is 8.78 Å². The molecule has 0 unspecified atom stereocenters. The van der Waals surface area contributed by atoms with E-state index in [0.717, 1.165) is 18.9 Å². The zero-order valence-corrected chi connectivity index (χ0v) is 18.4. The molecule has 178 valence electrons. The highest BCUT2D eigenvalue weighted by Gasteiger charge is 2.34. The predicted octanol–water partition coefficient (Wildman–Crippen LogP) is 1.56. The fraction of sp³-hybridized carbons (Fsp3) is 0.409. The number of aromatic hydroxyl groups is 1. The summed E-state index contributed by atoms with van der Waals surface area (Å²) in [4.78, 5) is 39.8. The van der Waals surface area contributed by atoms with Crippen LogP contribution in [0.15, 0.2) is 29.2 Å². The molecule has 0 spiro atoms. The van der Waals surface area contributed by atoms with Crippen molar-refractivity contribution in [3.05, 3.63) is 63.1 Å². The third kappa shape index (κ3) is 5.14. The summed E-state index contributed by atoms with van der Waals surface area (Å²) < 4.78 is 33.3. The average molecular weight is 464 g/mol. The Bertz CT molecular complexity index is 1100. The Morgan fingerprint density at radius 1 is 1.24 bits per heavy atom. The van der Waals surface area contributed by atoms with E-state index >= 15 is 0 Å². The molecule has 0 aliphatic carbocycles. The van der Waals surface area contributed by atoms with Crippen LogP contribution in [0.25, 0.3) is 0 Å². The monoisotopic (exact) mass is 464 g/mol. The molecule has 33 heavy (non-hydrogen) atoms. The molecule has 3 rings (SSSR count). The van der Waals surface area contributed by atoms with Crippen LogP contribution in [-0.2, 0) is 11.3 Å². The van der Waals surface area contributed by atoms with Crippen molar-refractivity contribution in [3.8, 4) is 5.75 Å². The summed E-state index contributed by atoms with van der Waals surface area (Å²) in [5, 5.41) is 14.7. The zero-order valence-electron chi connectivity index (χ0n) is 18.4. The van der Waals surface area contributed by atoms with Crippen LogP contribution >= 0.6 is 0 Å². The number of ether oxygens (including phenoxy) is 1. The Kier molecular flexibility index (Phi) is 7.64. The molecule has 2 heterocycles. The molecule has 0 bridgehead atoms. The second kappa shape index (κ2) is 10.4. The first-order valence-corrected chi connectivity index (χ1v) is 10.5. The molecule has 2 amide bonds. The lowest BCUT2D eigenvalue weighted by Gasteiger charge is -2.39. The number of halogens is 2. The number of unbranched alkanes of at least 4 members (excludes halogenated alkanes) is 1. The lowest BCUT2D eigenvalue weighted by atomic mass is 10.1. The van der Waals surface area contributed by atoms with E-state index in [1.165, 1.54) is 28.9 Å². The fourth-order valence-corrected chi connectivity index (χ4v) is 3.48. The number of rotatable bonds is 9. The number of amides is 2. The van der Waals surface area contributed by atoms with Crippen molar-refractivity contribution in [2.75, 3.05) is 38.5 Å². The summed E-state index contributed by atoms with van der Waals surface area (Å²) in [6.07, 6.45) is 2.83. The number of nitrogens with one attached hydrogen (secondary N) is 1. The number of hydrogen-bond acceptors (Lipinski definition) is 6. The highest BCUT2D eigenvalue weighted by Crippen LogP contribution is 2.21. The number of aromatic nitrogens is 1. The fourth-order valence-electron chi connectivity index (χ4n) is 3.48. The van der Waals surface area contributed by atoms with Crippen molar-refractivity contribution in [3.63, 3.8) is 0 Å². The lowest BCUT2D eigenvalue weighted by molar-refractivity contribution is 0.0621. The number of nitrogens with zero attached hydrogens (tertiary/aromatic N) is 3. The third-order valence-electron chi connectivity index (χ3n) is 5.33. The molecule has 1 aliphatic heterocycles. The summed E-state index contributed by atoms with van der Waals surface area (Å²) in [5.41, 5.74) is -1.63. The summed E-state index contributed by atoms with van der Waals surface area (Å²) in [5.74, 6) is -3.86. The highest BCUT2D eigenvalue weighted by molar-refractivity contribution is 5.99. The minimum Gasteiger partial charge on any atom is -0.502 e. The van der Waals surface area contributed by atoms with Crippen LogP contribution in [0.2, 0.25) is 0 Å². The van der Waals surface area contributed by atoms with E-state index in [1.807, 2.05) is 6.92 Å². The van der Waals surface area contributed by atoms with Gasteiger partial charge in [0, 0.05) is 44.6 Å². The van der Waals surface area contributed by atoms with Crippen LogP contribution in [0, 0.1) is 11.6 Å². The van der Waals surface area contributed by atoms with Gasteiger partial charge < -0.3 is 20.1 Å². The van der Waals surface area contributed by atoms with Gasteiger partial charge in [-0.15, -0.1) is 0 Å². The normalized spacial score (nSPS) is 13.3. The second-order valence-electron chi connectivity index (χ2n) is 7.62. The lowest BCUT2D eigenvalue weighted by Crippen LogP contribution is -2.55. The minimum absolute atomic E-state index is 0.0283. The van der Waals surface area contributed by atoms with E-state index in [2.05, 4.69) is 5.32 Å². The Labute approximate surface area is 189 Å². The van der Waals surface area contributed by atoms with Gasteiger partial charge in [-0.05, 0) is 12.5 Å². The third-order valence-corrected chi connectivity index (χ3v) is 5.33. The molecule has 0 fully saturated rings. The van der Waals surface area contributed by atoms with Gasteiger partial charge in [-0.1, -0.05) is 19.4 Å². The Balaban J connectivity index is 1.93. The van der Waals surface area contributed by atoms with Crippen LogP contribution in [-0.4, -0.2) is 60.0 Å². The van der Waals surface area contributed by atoms with Crippen LogP contribution in [0.5, 0.6) is 5.75 Å². The number of pyridine rings is 1. The number of hydrogen-bond donors (Lipinski definition) is 2. The molecular weight excluding hydrogens is 438 g/mol. The second-order valence-corrected chi connectivity index (χ2v) is 7.62. The SMILES string of the molecule is CCCCN1CN(CCOC)C(=O)c2c(O)c(=O)c(C(=O)NCc3ccc(F)cc3F)cn21. The topological polar surface area (TPSA) is 104 Å². The Morgan fingerprint density at radius 3 is 2.67 bits per heavy atom. The van der Waals surface area contributed by atoms with Gasteiger partial charge >= 0.3 is 0 Å². The van der Waals surface area contributed by atoms with Crippen molar-refractivity contribution >= 4 is 11.8 Å². The van der Waals surface area contributed by atoms with Gasteiger partial charge in [0.1, 0.15) is 23.9 Å². The average Bonchev–Trinajstić information content (AvgIpc) is 2.79. The van der Waals surface area contributed by atoms with Gasteiger partial charge in [-0.3, -0.25) is 24.1 Å². The van der Waals surface area contributed by atoms with Crippen molar-refractivity contribution < 1.29 is 28.2 Å². The maximum Gasteiger partial charge on any atom is 0.277 e. The Hall–Kier alpha value is -3.47. The molecule has 0 saturated heterocycles. The van der Waals surface area contributed by atoms with E-state index in [-0.39, 0.29) is 37.6 Å². The summed E-state index contributed by atoms with van der Waals surface area (Å²) in [7, 11) is 1.50. The van der Waals surface area contributed by atoms with Gasteiger partial charge in [0.05, 0.1) is 6.61 Å². The number of fused-ring (bicyclic) bond motifs is 1. The Morgan fingerprint density at radius 2 is 2.00 bits per heavy atom. The van der Waals surface area contributed by atoms with Crippen molar-refractivity contribution in [2.24, 2.45) is 0 Å². The number of carbonyl (C=O) groups excluding carboxylic acids is 2. The van der Waals surface area contributed by atoms with Gasteiger partial charge in [0.15, 0.2) is 11.4 Å². The molecule has 0 radical (unpaired) electrons. The number of methoxy groups -OCH3 is 1. The van der Waals surface area contributed by atoms with E-state index in [4.69, 9.17) is 4.74 Å². The standard InChI is InChI=1S/C22H26F2N4O5/c1-3-4-7-27-13-26(8-9-33-2)22(32)18-20(30)19(29)16(12-28(18)27)21(31)25-11-14-5-6-15(23)10-17(14)24/h5-6,10,12,30H,3-4,7-9,11,13H2,1-2H3,(H,25,31). The molecule has 9 nitrogen and oxygen atoms in total. The maximum atomic E-state index is 13.9. The van der Waals surface area contributed by atoms with E-state index in [9.17, 15) is 28.3 Å². The van der Waals surface area contributed by atoms with Crippen LogP contribution < -0.4 is 15.8 Å². The van der Waals surface area contributed by atoms with Crippen molar-refractivity contribution in [2.45, 2.75) is 26.3 Å². The number of benzene rings is 1. The predicted molar refractivity (Wildman–Crippen MR) is 116 cm³/mol. The van der Waals surface area contributed by atoms with Gasteiger partial charge in [-0.2, -0.15) is 0 Å². The first-order valence-electron chi connectivity index (χ1n) is 10.5. The number of carbonyl (C=O) groups is 2. The first-order chi connectivity index (χ1) is 15.8. The molecule has 0 saturated carbocycles. The summed E-state index contributed by atoms with van der Waals surface area (Å²) in [6.45, 7) is 2.92. The largest absolute Gasteiger partial charge is 0.502 e. The molecule has 1 aromatic heterocycles. The smallest absolute Gasteiger partial charge is 0.277 e. The molecule has 11 heteroatoms. The molecular formula is C22H26F2N4O5. The van der Waals surface area contributed by atoms with Gasteiger partial charge in [0.2, 0.25) is 5.43 Å². The van der Waals surface area contributed by atoms with Crippen LogP contribution in [0.4, 0.5) is 8.78 Å². The summed E-state index contributed by atoms with van der Waals surface area (Å²) in [6, 6.07) is 2.92. The minimum atomic E-state index is -1.02. The quantitative estimate of drug-likeness (QED) is 0.584. The van der Waals surface area contributed by atoms with Gasteiger partial charge in [0.25, 0.3) is 11.8 Å². The summed E-state index contributed by atoms with van der Waals surface area (Å²) >= 11 is 0. The molecule has 2 N–H and O–H groups in total. The van der Waals surface area contributed by atoms with Crippen LogP contribution in [0.3, 0.4) is 0 Å². The van der Waals surface area contributed by atoms with E-state index in [1.54, 1.807) is 5.01 Å². The zero-order chi connectivity index (χ0) is 24.1. The highest BCUT2D eigenvalue weighted by atomic mass is 19.1. The maximum absolute atomic E-state index is 13.9. The molecule has 0 atom stereocenters. The first kappa shape index (κ1) is 24.2. The van der Waals surface area contributed by atoms with E-state index < -0.39 is 40.2 Å². The molecule has 1 aliphatic rings. The van der Waals surface area contributed by atoms with Crippen molar-refractivity contribution in [1.82, 2.24) is 14.9 Å². The van der Waals surface area contributed by atoms with Crippen LogP contribution in [0.1, 0.15) is 46.2 Å². The van der Waals surface area contributed by atoms with E-state index in [0.29, 0.717) is 12.6 Å². The molecule has 1 aromatic carbocycles. The molecule has 2 aromatic rings.